The quantitative estimate of drug-likeness (QED) is 0.274. The van der Waals surface area contributed by atoms with E-state index in [0.29, 0.717) is 12.1 Å². The van der Waals surface area contributed by atoms with E-state index in [1.807, 2.05) is 18.2 Å². The van der Waals surface area contributed by atoms with Crippen LogP contribution in [0.2, 0.25) is 0 Å². The van der Waals surface area contributed by atoms with Crippen molar-refractivity contribution in [1.82, 2.24) is 4.90 Å². The molecule has 1 fully saturated rings. The van der Waals surface area contributed by atoms with Crippen molar-refractivity contribution in [3.05, 3.63) is 33.4 Å². The van der Waals surface area contributed by atoms with Gasteiger partial charge in [-0.25, -0.2) is 0 Å². The van der Waals surface area contributed by atoms with E-state index in [4.69, 9.17) is 10.9 Å². The molecule has 1 atom stereocenters. The summed E-state index contributed by atoms with van der Waals surface area (Å²) in [6.45, 7) is 0.644. The van der Waals surface area contributed by atoms with Gasteiger partial charge >= 0.3 is 0 Å². The monoisotopic (exact) mass is 373 g/mol. The summed E-state index contributed by atoms with van der Waals surface area (Å²) in [5, 5.41) is 11.9. The van der Waals surface area contributed by atoms with Gasteiger partial charge in [0.1, 0.15) is 0 Å². The normalized spacial score (nSPS) is 20.4. The van der Waals surface area contributed by atoms with E-state index in [1.54, 1.807) is 11.0 Å². The molecule has 1 amide bonds. The summed E-state index contributed by atoms with van der Waals surface area (Å²) < 4.78 is 1.01. The van der Waals surface area contributed by atoms with Crippen LogP contribution in [0.25, 0.3) is 0 Å². The maximum atomic E-state index is 12.5. The van der Waals surface area contributed by atoms with Crippen molar-refractivity contribution in [2.45, 2.75) is 25.3 Å². The number of likely N-dealkylation sites (tertiary alicyclic amines) is 1. The molecule has 1 unspecified atom stereocenters. The first-order valence-electron chi connectivity index (χ1n) is 6.17. The number of hydrogen-bond acceptors (Lipinski definition) is 3. The van der Waals surface area contributed by atoms with Crippen molar-refractivity contribution in [2.24, 2.45) is 10.9 Å². The van der Waals surface area contributed by atoms with Gasteiger partial charge in [-0.3, -0.25) is 4.79 Å². The number of carbonyl (C=O) groups excluding carboxylic acids is 1. The molecular weight excluding hydrogens is 357 g/mol. The zero-order valence-corrected chi connectivity index (χ0v) is 12.6. The molecule has 1 saturated heterocycles. The second-order valence-electron chi connectivity index (χ2n) is 4.55. The highest BCUT2D eigenvalue weighted by atomic mass is 127. The number of nitrogens with zero attached hydrogens (tertiary/aromatic N) is 2. The van der Waals surface area contributed by atoms with Gasteiger partial charge in [0, 0.05) is 15.7 Å². The number of halogens is 1. The lowest BCUT2D eigenvalue weighted by Crippen LogP contribution is -2.50. The van der Waals surface area contributed by atoms with Crippen LogP contribution in [-0.4, -0.2) is 34.4 Å². The smallest absolute Gasteiger partial charge is 0.254 e. The molecular formula is C13H16IN3O2. The number of rotatable bonds is 2. The molecule has 0 aromatic heterocycles. The van der Waals surface area contributed by atoms with Crippen LogP contribution in [0.5, 0.6) is 0 Å². The predicted molar refractivity (Wildman–Crippen MR) is 81.2 cm³/mol. The lowest BCUT2D eigenvalue weighted by atomic mass is 10.00. The molecule has 3 N–H and O–H groups in total. The maximum absolute atomic E-state index is 12.5. The van der Waals surface area contributed by atoms with Gasteiger partial charge in [0.15, 0.2) is 5.84 Å². The molecule has 0 aliphatic carbocycles. The van der Waals surface area contributed by atoms with E-state index in [2.05, 4.69) is 27.7 Å². The van der Waals surface area contributed by atoms with E-state index in [1.165, 1.54) is 0 Å². The predicted octanol–water partition coefficient (Wildman–Crippen LogP) is 2.03. The molecule has 5 nitrogen and oxygen atoms in total. The van der Waals surface area contributed by atoms with E-state index in [9.17, 15) is 4.79 Å². The largest absolute Gasteiger partial charge is 0.409 e. The lowest BCUT2D eigenvalue weighted by molar-refractivity contribution is 0.0676. The second kappa shape index (κ2) is 6.23. The summed E-state index contributed by atoms with van der Waals surface area (Å²) in [7, 11) is 0. The van der Waals surface area contributed by atoms with Crippen LogP contribution in [-0.2, 0) is 0 Å². The highest BCUT2D eigenvalue weighted by Crippen LogP contribution is 2.20. The summed E-state index contributed by atoms with van der Waals surface area (Å²) >= 11 is 2.18. The number of carbonyl (C=O) groups is 1. The molecule has 19 heavy (non-hydrogen) atoms. The van der Waals surface area contributed by atoms with E-state index in [0.717, 1.165) is 22.8 Å². The van der Waals surface area contributed by atoms with Gasteiger partial charge < -0.3 is 15.8 Å². The Morgan fingerprint density at radius 3 is 2.95 bits per heavy atom. The minimum absolute atomic E-state index is 0.0604. The summed E-state index contributed by atoms with van der Waals surface area (Å²) in [4.78, 5) is 14.2. The zero-order valence-electron chi connectivity index (χ0n) is 10.4. The molecule has 0 radical (unpaired) electrons. The van der Waals surface area contributed by atoms with Crippen LogP contribution < -0.4 is 5.73 Å². The van der Waals surface area contributed by atoms with Crippen molar-refractivity contribution >= 4 is 34.3 Å². The van der Waals surface area contributed by atoms with Gasteiger partial charge in [-0.2, -0.15) is 0 Å². The van der Waals surface area contributed by atoms with Crippen LogP contribution >= 0.6 is 22.6 Å². The Hall–Kier alpha value is -1.31. The number of nitrogens with two attached hydrogens (primary N) is 1. The standard InChI is InChI=1S/C13H16IN3O2/c14-10-5-3-4-9(8-10)13(18)17-7-2-1-6-11(17)12(15)16-19/h3-5,8,11,19H,1-2,6-7H2,(H2,15,16). The SMILES string of the molecule is NC(=NO)C1CCCCN1C(=O)c1cccc(I)c1. The minimum atomic E-state index is -0.302. The molecule has 0 bridgehead atoms. The molecule has 0 spiro atoms. The van der Waals surface area contributed by atoms with Gasteiger partial charge in [-0.1, -0.05) is 11.2 Å². The van der Waals surface area contributed by atoms with Crippen LogP contribution in [0.4, 0.5) is 0 Å². The van der Waals surface area contributed by atoms with Gasteiger partial charge in [0.05, 0.1) is 6.04 Å². The Kier molecular flexibility index (Phi) is 4.62. The Morgan fingerprint density at radius 2 is 2.26 bits per heavy atom. The molecule has 0 saturated carbocycles. The van der Waals surface area contributed by atoms with Crippen molar-refractivity contribution in [2.75, 3.05) is 6.54 Å². The Morgan fingerprint density at radius 1 is 1.47 bits per heavy atom. The first-order valence-corrected chi connectivity index (χ1v) is 7.25. The number of oxime groups is 1. The number of amides is 1. The van der Waals surface area contributed by atoms with Crippen LogP contribution in [0.1, 0.15) is 29.6 Å². The average Bonchev–Trinajstić information content (AvgIpc) is 2.45. The Labute approximate surface area is 125 Å². The van der Waals surface area contributed by atoms with Crippen molar-refractivity contribution in [3.8, 4) is 0 Å². The third-order valence-corrected chi connectivity index (χ3v) is 3.96. The molecule has 1 heterocycles. The average molecular weight is 373 g/mol. The minimum Gasteiger partial charge on any atom is -0.409 e. The third kappa shape index (κ3) is 3.17. The van der Waals surface area contributed by atoms with Gasteiger partial charge in [-0.05, 0) is 60.1 Å². The lowest BCUT2D eigenvalue weighted by Gasteiger charge is -2.34. The first-order chi connectivity index (χ1) is 9.13. The zero-order chi connectivity index (χ0) is 13.8. The van der Waals surface area contributed by atoms with Gasteiger partial charge in [0.2, 0.25) is 0 Å². The van der Waals surface area contributed by atoms with E-state index >= 15 is 0 Å². The van der Waals surface area contributed by atoms with Gasteiger partial charge in [0.25, 0.3) is 5.91 Å². The molecule has 1 aromatic carbocycles. The maximum Gasteiger partial charge on any atom is 0.254 e. The summed E-state index contributed by atoms with van der Waals surface area (Å²) in [5.74, 6) is 0.0495. The number of piperidine rings is 1. The fourth-order valence-electron chi connectivity index (χ4n) is 2.34. The Bertz CT molecular complexity index is 504. The van der Waals surface area contributed by atoms with E-state index < -0.39 is 0 Å². The van der Waals surface area contributed by atoms with Crippen LogP contribution in [0, 0.1) is 3.57 Å². The van der Waals surface area contributed by atoms with Crippen LogP contribution in [0.3, 0.4) is 0 Å². The summed E-state index contributed by atoms with van der Waals surface area (Å²) in [5.41, 5.74) is 6.33. The molecule has 2 rings (SSSR count). The van der Waals surface area contributed by atoms with Gasteiger partial charge in [-0.15, -0.1) is 0 Å². The van der Waals surface area contributed by atoms with Crippen molar-refractivity contribution in [3.63, 3.8) is 0 Å². The molecule has 1 aliphatic rings. The third-order valence-electron chi connectivity index (χ3n) is 3.29. The summed E-state index contributed by atoms with van der Waals surface area (Å²) in [6.07, 6.45) is 2.67. The summed E-state index contributed by atoms with van der Waals surface area (Å²) in [6, 6.07) is 7.14. The van der Waals surface area contributed by atoms with E-state index in [-0.39, 0.29) is 17.8 Å². The highest BCUT2D eigenvalue weighted by molar-refractivity contribution is 14.1. The molecule has 6 heteroatoms. The van der Waals surface area contributed by atoms with Crippen molar-refractivity contribution in [1.29, 1.82) is 0 Å². The second-order valence-corrected chi connectivity index (χ2v) is 5.79. The van der Waals surface area contributed by atoms with Crippen molar-refractivity contribution < 1.29 is 10.0 Å². The van der Waals surface area contributed by atoms with Crippen LogP contribution in [0.15, 0.2) is 29.4 Å². The fraction of sp³-hybridized carbons (Fsp3) is 0.385. The first kappa shape index (κ1) is 14.1. The number of amidine groups is 1. The number of hydrogen-bond donors (Lipinski definition) is 2. The number of benzene rings is 1. The topological polar surface area (TPSA) is 78.9 Å². The fourth-order valence-corrected chi connectivity index (χ4v) is 2.88. The highest BCUT2D eigenvalue weighted by Gasteiger charge is 2.30. The molecule has 1 aromatic rings. The molecule has 102 valence electrons. The molecule has 1 aliphatic heterocycles. The Balaban J connectivity index is 2.25.